The highest BCUT2D eigenvalue weighted by Gasteiger charge is 2.56. The Kier molecular flexibility index (Phi) is 5.18. The van der Waals surface area contributed by atoms with E-state index in [1.54, 1.807) is 26.0 Å². The summed E-state index contributed by atoms with van der Waals surface area (Å²) < 4.78 is 31.9. The summed E-state index contributed by atoms with van der Waals surface area (Å²) in [6.45, 7) is 5.50. The highest BCUT2D eigenvalue weighted by atomic mass is 32.2. The Morgan fingerprint density at radius 1 is 1.32 bits per heavy atom. The molecule has 7 heteroatoms. The minimum Gasteiger partial charge on any atom is -0.372 e. The molecule has 25 heavy (non-hydrogen) atoms. The van der Waals surface area contributed by atoms with E-state index in [1.807, 2.05) is 18.2 Å². The van der Waals surface area contributed by atoms with Crippen LogP contribution in [0.4, 0.5) is 0 Å². The van der Waals surface area contributed by atoms with Crippen molar-refractivity contribution in [2.24, 2.45) is 5.92 Å². The maximum atomic E-state index is 12.2. The number of hydrogen-bond donors (Lipinski definition) is 1. The maximum Gasteiger partial charge on any atom is 0.251 e. The molecule has 1 N–H and O–H groups in total. The second-order valence-corrected chi connectivity index (χ2v) is 9.66. The number of amides is 1. The van der Waals surface area contributed by atoms with Crippen LogP contribution < -0.4 is 5.32 Å². The highest BCUT2D eigenvalue weighted by molar-refractivity contribution is 7.89. The van der Waals surface area contributed by atoms with Gasteiger partial charge < -0.3 is 10.1 Å². The van der Waals surface area contributed by atoms with Gasteiger partial charge in [-0.25, -0.2) is 8.42 Å². The summed E-state index contributed by atoms with van der Waals surface area (Å²) in [4.78, 5) is 12.1. The molecule has 2 aliphatic rings. The second kappa shape index (κ2) is 7.05. The molecule has 3 rings (SSSR count). The lowest BCUT2D eigenvalue weighted by molar-refractivity contribution is -0.102. The molecule has 0 saturated carbocycles. The van der Waals surface area contributed by atoms with Crippen LogP contribution >= 0.6 is 0 Å². The highest BCUT2D eigenvalue weighted by Crippen LogP contribution is 2.43. The van der Waals surface area contributed by atoms with Gasteiger partial charge in [-0.2, -0.15) is 4.31 Å². The number of benzene rings is 1. The van der Waals surface area contributed by atoms with E-state index in [1.165, 1.54) is 4.31 Å². The third kappa shape index (κ3) is 3.59. The molecule has 2 heterocycles. The van der Waals surface area contributed by atoms with Crippen molar-refractivity contribution in [2.45, 2.75) is 37.5 Å². The molecule has 1 spiro atoms. The molecule has 1 aromatic carbocycles. The molecular formula is C18H26N2O4S. The van der Waals surface area contributed by atoms with Crippen molar-refractivity contribution in [2.75, 3.05) is 26.2 Å². The Hall–Kier alpha value is -1.44. The topological polar surface area (TPSA) is 75.7 Å². The third-order valence-electron chi connectivity index (χ3n) is 5.26. The number of sulfonamides is 1. The first-order valence-electron chi connectivity index (χ1n) is 8.81. The van der Waals surface area contributed by atoms with E-state index in [0.29, 0.717) is 31.8 Å². The molecule has 1 atom stereocenters. The van der Waals surface area contributed by atoms with Crippen LogP contribution in [0.5, 0.6) is 0 Å². The summed E-state index contributed by atoms with van der Waals surface area (Å²) in [5.74, 6) is 0.202. The van der Waals surface area contributed by atoms with Gasteiger partial charge in [0.05, 0.1) is 10.9 Å². The van der Waals surface area contributed by atoms with Gasteiger partial charge in [-0.1, -0.05) is 18.2 Å². The fraction of sp³-hybridized carbons (Fsp3) is 0.611. The Morgan fingerprint density at radius 2 is 2.00 bits per heavy atom. The van der Waals surface area contributed by atoms with Crippen LogP contribution in [0.2, 0.25) is 0 Å². The van der Waals surface area contributed by atoms with Gasteiger partial charge in [0.25, 0.3) is 5.91 Å². The van der Waals surface area contributed by atoms with Crippen molar-refractivity contribution in [3.8, 4) is 0 Å². The van der Waals surface area contributed by atoms with Crippen LogP contribution in [0, 0.1) is 5.92 Å². The Morgan fingerprint density at radius 3 is 2.64 bits per heavy atom. The smallest absolute Gasteiger partial charge is 0.251 e. The van der Waals surface area contributed by atoms with E-state index in [9.17, 15) is 13.2 Å². The van der Waals surface area contributed by atoms with E-state index >= 15 is 0 Å². The minimum atomic E-state index is -3.21. The van der Waals surface area contributed by atoms with Gasteiger partial charge in [-0.3, -0.25) is 4.79 Å². The molecule has 0 unspecified atom stereocenters. The minimum absolute atomic E-state index is 0.0776. The Bertz CT molecular complexity index is 712. The number of carbonyl (C=O) groups excluding carboxylic acids is 1. The summed E-state index contributed by atoms with van der Waals surface area (Å²) in [6.07, 6.45) is 1.71. The predicted molar refractivity (Wildman–Crippen MR) is 95.8 cm³/mol. The van der Waals surface area contributed by atoms with E-state index in [4.69, 9.17) is 4.74 Å². The van der Waals surface area contributed by atoms with E-state index in [2.05, 4.69) is 5.32 Å². The van der Waals surface area contributed by atoms with Gasteiger partial charge in [-0.15, -0.1) is 0 Å². The fourth-order valence-corrected chi connectivity index (χ4v) is 5.02. The molecule has 2 saturated heterocycles. The van der Waals surface area contributed by atoms with E-state index in [-0.39, 0.29) is 17.4 Å². The lowest BCUT2D eigenvalue weighted by Gasteiger charge is -2.49. The van der Waals surface area contributed by atoms with Crippen LogP contribution in [0.15, 0.2) is 30.3 Å². The van der Waals surface area contributed by atoms with E-state index in [0.717, 1.165) is 12.8 Å². The maximum absolute atomic E-state index is 12.2. The quantitative estimate of drug-likeness (QED) is 0.830. The number of ether oxygens (including phenoxy) is 1. The lowest BCUT2D eigenvalue weighted by Crippen LogP contribution is -2.67. The average Bonchev–Trinajstić information content (AvgIpc) is 2.98. The van der Waals surface area contributed by atoms with Gasteiger partial charge in [0.2, 0.25) is 10.0 Å². The summed E-state index contributed by atoms with van der Waals surface area (Å²) in [5, 5.41) is 2.54. The first-order valence-corrected chi connectivity index (χ1v) is 10.3. The number of nitrogens with zero attached hydrogens (tertiary/aromatic N) is 1. The Balaban J connectivity index is 1.51. The van der Waals surface area contributed by atoms with Crippen molar-refractivity contribution >= 4 is 15.9 Å². The zero-order valence-corrected chi connectivity index (χ0v) is 15.6. The largest absolute Gasteiger partial charge is 0.372 e. The fourth-order valence-electron chi connectivity index (χ4n) is 3.62. The average molecular weight is 366 g/mol. The first-order chi connectivity index (χ1) is 11.8. The van der Waals surface area contributed by atoms with Crippen molar-refractivity contribution in [3.05, 3.63) is 35.9 Å². The molecule has 2 fully saturated rings. The van der Waals surface area contributed by atoms with Crippen molar-refractivity contribution in [1.29, 1.82) is 0 Å². The molecule has 6 nitrogen and oxygen atoms in total. The molecule has 0 radical (unpaired) electrons. The van der Waals surface area contributed by atoms with Gasteiger partial charge in [0, 0.05) is 31.8 Å². The van der Waals surface area contributed by atoms with Crippen molar-refractivity contribution in [1.82, 2.24) is 9.62 Å². The third-order valence-corrected chi connectivity index (χ3v) is 7.43. The molecule has 2 aliphatic heterocycles. The second-order valence-electron chi connectivity index (χ2n) is 7.17. The van der Waals surface area contributed by atoms with Crippen molar-refractivity contribution in [3.63, 3.8) is 0 Å². The summed E-state index contributed by atoms with van der Waals surface area (Å²) in [6, 6.07) is 9.13. The number of hydrogen-bond acceptors (Lipinski definition) is 4. The molecule has 1 aromatic rings. The number of rotatable bonds is 6. The SMILES string of the molecule is CC(C)S(=O)(=O)N1CC2(C1)OCC[C@@H]2CCNC(=O)c1ccccc1. The lowest BCUT2D eigenvalue weighted by atomic mass is 9.80. The zero-order chi connectivity index (χ0) is 18.1. The molecular weight excluding hydrogens is 340 g/mol. The van der Waals surface area contributed by atoms with Gasteiger partial charge >= 0.3 is 0 Å². The molecule has 0 aromatic heterocycles. The predicted octanol–water partition coefficient (Wildman–Crippen LogP) is 1.64. The first kappa shape index (κ1) is 18.4. The van der Waals surface area contributed by atoms with Crippen LogP contribution in [0.1, 0.15) is 37.0 Å². The van der Waals surface area contributed by atoms with E-state index < -0.39 is 15.3 Å². The zero-order valence-electron chi connectivity index (χ0n) is 14.8. The standard InChI is InChI=1S/C18H26N2O4S/c1-14(2)25(22,23)20-12-18(13-20)16(9-11-24-18)8-10-19-17(21)15-6-4-3-5-7-15/h3-7,14,16H,8-13H2,1-2H3,(H,19,21)/t16-/m0/s1. The van der Waals surface area contributed by atoms with Crippen LogP contribution in [0.3, 0.4) is 0 Å². The summed E-state index contributed by atoms with van der Waals surface area (Å²) >= 11 is 0. The summed E-state index contributed by atoms with van der Waals surface area (Å²) in [7, 11) is -3.21. The van der Waals surface area contributed by atoms with Gasteiger partial charge in [-0.05, 0) is 44.7 Å². The van der Waals surface area contributed by atoms with Crippen LogP contribution in [-0.4, -0.2) is 55.7 Å². The van der Waals surface area contributed by atoms with Crippen molar-refractivity contribution < 1.29 is 17.9 Å². The molecule has 0 aliphatic carbocycles. The molecule has 0 bridgehead atoms. The Labute approximate surface area is 149 Å². The monoisotopic (exact) mass is 366 g/mol. The molecule has 138 valence electrons. The van der Waals surface area contributed by atoms with Gasteiger partial charge in [0.1, 0.15) is 0 Å². The normalized spacial score (nSPS) is 22.9. The number of nitrogens with one attached hydrogen (secondary N) is 1. The van der Waals surface area contributed by atoms with Gasteiger partial charge in [0.15, 0.2) is 0 Å². The number of carbonyl (C=O) groups is 1. The van der Waals surface area contributed by atoms with Crippen LogP contribution in [0.25, 0.3) is 0 Å². The molecule has 1 amide bonds. The summed E-state index contributed by atoms with van der Waals surface area (Å²) in [5.41, 5.74) is 0.289. The van der Waals surface area contributed by atoms with Crippen LogP contribution in [-0.2, 0) is 14.8 Å².